The van der Waals surface area contributed by atoms with Crippen LogP contribution in [0.15, 0.2) is 0 Å². The lowest BCUT2D eigenvalue weighted by Crippen LogP contribution is -2.41. The lowest BCUT2D eigenvalue weighted by Gasteiger charge is -2.14. The maximum Gasteiger partial charge on any atom is 0.326 e. The molecule has 1 atom stereocenters. The van der Waals surface area contributed by atoms with E-state index >= 15 is 0 Å². The minimum atomic E-state index is -1.17. The van der Waals surface area contributed by atoms with Crippen LogP contribution in [-0.4, -0.2) is 91.2 Å². The fraction of sp³-hybridized carbons (Fsp3) is 0.824. The summed E-state index contributed by atoms with van der Waals surface area (Å²) in [6.45, 7) is 2.72. The highest BCUT2D eigenvalue weighted by Gasteiger charge is 2.20. The largest absolute Gasteiger partial charge is 0.481 e. The Morgan fingerprint density at radius 3 is 1.57 bits per heavy atom. The van der Waals surface area contributed by atoms with Crippen molar-refractivity contribution in [3.05, 3.63) is 0 Å². The van der Waals surface area contributed by atoms with E-state index in [-0.39, 0.29) is 82.2 Å². The molecule has 5 N–H and O–H groups in total. The van der Waals surface area contributed by atoms with Crippen molar-refractivity contribution in [2.75, 3.05) is 39.5 Å². The van der Waals surface area contributed by atoms with Crippen molar-refractivity contribution in [3.8, 4) is 0 Å². The van der Waals surface area contributed by atoms with Crippen LogP contribution in [0.3, 0.4) is 0 Å². The predicted octanol–water partition coefficient (Wildman–Crippen LogP) is 4.30. The molecule has 0 aromatic carbocycles. The van der Waals surface area contributed by atoms with E-state index in [1.54, 1.807) is 0 Å². The molecular formula is C34H61N3O10. The minimum absolute atomic E-state index is 0.00872. The molecule has 0 aromatic rings. The van der Waals surface area contributed by atoms with Crippen molar-refractivity contribution >= 4 is 35.4 Å². The first-order chi connectivity index (χ1) is 22.6. The Kier molecular flexibility index (Phi) is 29.5. The summed E-state index contributed by atoms with van der Waals surface area (Å²) in [5, 5.41) is 25.9. The van der Waals surface area contributed by atoms with Gasteiger partial charge in [-0.05, 0) is 32.6 Å². The van der Waals surface area contributed by atoms with Crippen molar-refractivity contribution in [2.45, 2.75) is 141 Å². The molecule has 0 unspecified atom stereocenters. The Morgan fingerprint density at radius 1 is 0.532 bits per heavy atom. The summed E-state index contributed by atoms with van der Waals surface area (Å²) in [6.07, 6.45) is 16.7. The monoisotopic (exact) mass is 671 g/mol. The van der Waals surface area contributed by atoms with E-state index in [0.29, 0.717) is 25.8 Å². The zero-order valence-corrected chi connectivity index (χ0v) is 28.6. The van der Waals surface area contributed by atoms with E-state index in [4.69, 9.17) is 14.6 Å². The molecule has 0 rings (SSSR count). The van der Waals surface area contributed by atoms with Crippen LogP contribution in [0.5, 0.6) is 0 Å². The Bertz CT molecular complexity index is 884. The average molecular weight is 672 g/mol. The number of Topliss-reactive ketones (excluding diaryl/α,β-unsaturated/α-hetero) is 1. The smallest absolute Gasteiger partial charge is 0.326 e. The van der Waals surface area contributed by atoms with Crippen LogP contribution in [0.2, 0.25) is 0 Å². The summed E-state index contributed by atoms with van der Waals surface area (Å²) in [6, 6.07) is -1.12. The van der Waals surface area contributed by atoms with Crippen LogP contribution in [0.4, 0.5) is 0 Å². The third-order valence-corrected chi connectivity index (χ3v) is 7.54. The molecular weight excluding hydrogens is 610 g/mol. The highest BCUT2D eigenvalue weighted by atomic mass is 16.5. The van der Waals surface area contributed by atoms with Crippen molar-refractivity contribution in [1.29, 1.82) is 0 Å². The van der Waals surface area contributed by atoms with E-state index in [0.717, 1.165) is 38.5 Å². The van der Waals surface area contributed by atoms with Gasteiger partial charge in [0, 0.05) is 38.8 Å². The Hall–Kier alpha value is -3.06. The van der Waals surface area contributed by atoms with Crippen LogP contribution in [0, 0.1) is 0 Å². The summed E-state index contributed by atoms with van der Waals surface area (Å²) in [5.74, 6) is -2.72. The molecule has 0 aliphatic rings. The van der Waals surface area contributed by atoms with Gasteiger partial charge >= 0.3 is 11.9 Å². The molecule has 0 aliphatic heterocycles. The number of ketones is 1. The van der Waals surface area contributed by atoms with Gasteiger partial charge < -0.3 is 40.4 Å². The number of unbranched alkanes of at least 4 members (excludes halogenated alkanes) is 13. The van der Waals surface area contributed by atoms with Gasteiger partial charge in [0.1, 0.15) is 18.4 Å². The summed E-state index contributed by atoms with van der Waals surface area (Å²) in [4.78, 5) is 68.8. The zero-order valence-electron chi connectivity index (χ0n) is 28.6. The Labute approximate surface area is 280 Å². The van der Waals surface area contributed by atoms with Gasteiger partial charge in [-0.25, -0.2) is 4.79 Å². The molecule has 0 bridgehead atoms. The van der Waals surface area contributed by atoms with Gasteiger partial charge in [-0.1, -0.05) is 77.0 Å². The van der Waals surface area contributed by atoms with Crippen LogP contribution >= 0.6 is 0 Å². The SMILES string of the molecule is CC(=O)CCCNC(=O)COCCOCCNC(=O)CC[C@H](NC(=O)CCCCCCCCCCCCCCCCC(=O)O)C(=O)O. The summed E-state index contributed by atoms with van der Waals surface area (Å²) >= 11 is 0. The van der Waals surface area contributed by atoms with Gasteiger partial charge in [0.2, 0.25) is 17.7 Å². The molecule has 13 nitrogen and oxygen atoms in total. The zero-order chi connectivity index (χ0) is 35.0. The number of hydrogen-bond donors (Lipinski definition) is 5. The number of nitrogens with one attached hydrogen (secondary N) is 3. The second kappa shape index (κ2) is 31.5. The fourth-order valence-corrected chi connectivity index (χ4v) is 4.83. The van der Waals surface area contributed by atoms with E-state index in [9.17, 15) is 33.9 Å². The molecule has 0 radical (unpaired) electrons. The molecule has 0 fully saturated rings. The number of carboxylic acid groups (broad SMARTS) is 2. The van der Waals surface area contributed by atoms with Crippen LogP contribution in [0.1, 0.15) is 135 Å². The lowest BCUT2D eigenvalue weighted by atomic mass is 10.0. The van der Waals surface area contributed by atoms with Gasteiger partial charge in [-0.3, -0.25) is 19.2 Å². The second-order valence-electron chi connectivity index (χ2n) is 12.0. The molecule has 272 valence electrons. The number of carboxylic acids is 2. The maximum atomic E-state index is 12.2. The third-order valence-electron chi connectivity index (χ3n) is 7.54. The lowest BCUT2D eigenvalue weighted by molar-refractivity contribution is -0.142. The van der Waals surface area contributed by atoms with Crippen molar-refractivity contribution in [3.63, 3.8) is 0 Å². The number of amides is 3. The normalized spacial score (nSPS) is 11.5. The molecule has 0 saturated carbocycles. The quantitative estimate of drug-likeness (QED) is 0.0615. The minimum Gasteiger partial charge on any atom is -0.481 e. The van der Waals surface area contributed by atoms with Gasteiger partial charge in [-0.2, -0.15) is 0 Å². The number of ether oxygens (including phenoxy) is 2. The first kappa shape index (κ1) is 43.9. The topological polar surface area (TPSA) is 197 Å². The van der Waals surface area contributed by atoms with Crippen molar-refractivity contribution in [1.82, 2.24) is 16.0 Å². The van der Waals surface area contributed by atoms with Gasteiger partial charge in [-0.15, -0.1) is 0 Å². The number of hydrogen-bond acceptors (Lipinski definition) is 8. The maximum absolute atomic E-state index is 12.2. The van der Waals surface area contributed by atoms with E-state index < -0.39 is 18.0 Å². The molecule has 13 heteroatoms. The van der Waals surface area contributed by atoms with Crippen molar-refractivity contribution < 1.29 is 48.5 Å². The average Bonchev–Trinajstić information content (AvgIpc) is 3.01. The first-order valence-electron chi connectivity index (χ1n) is 17.5. The number of rotatable bonds is 34. The Balaban J connectivity index is 3.68. The second-order valence-corrected chi connectivity index (χ2v) is 12.0. The summed E-state index contributed by atoms with van der Waals surface area (Å²) in [7, 11) is 0. The predicted molar refractivity (Wildman–Crippen MR) is 178 cm³/mol. The summed E-state index contributed by atoms with van der Waals surface area (Å²) in [5.41, 5.74) is 0. The number of carbonyl (C=O) groups excluding carboxylic acids is 4. The van der Waals surface area contributed by atoms with Gasteiger partial charge in [0.25, 0.3) is 0 Å². The van der Waals surface area contributed by atoms with Crippen LogP contribution in [0.25, 0.3) is 0 Å². The highest BCUT2D eigenvalue weighted by molar-refractivity contribution is 5.84. The van der Waals surface area contributed by atoms with E-state index in [1.807, 2.05) is 0 Å². The molecule has 3 amide bonds. The number of aliphatic carboxylic acids is 2. The molecule has 0 spiro atoms. The molecule has 0 heterocycles. The van der Waals surface area contributed by atoms with Crippen molar-refractivity contribution in [2.24, 2.45) is 0 Å². The van der Waals surface area contributed by atoms with E-state index in [2.05, 4.69) is 16.0 Å². The van der Waals surface area contributed by atoms with Crippen LogP contribution in [-0.2, 0) is 38.2 Å². The van der Waals surface area contributed by atoms with Gasteiger partial charge in [0.05, 0.1) is 19.8 Å². The molecule has 0 saturated heterocycles. The molecule has 0 aromatic heterocycles. The molecule has 0 aliphatic carbocycles. The number of carbonyl (C=O) groups is 6. The highest BCUT2D eigenvalue weighted by Crippen LogP contribution is 2.14. The van der Waals surface area contributed by atoms with Gasteiger partial charge in [0.15, 0.2) is 0 Å². The summed E-state index contributed by atoms with van der Waals surface area (Å²) < 4.78 is 10.6. The molecule has 47 heavy (non-hydrogen) atoms. The third kappa shape index (κ3) is 32.7. The Morgan fingerprint density at radius 2 is 1.04 bits per heavy atom. The van der Waals surface area contributed by atoms with E-state index in [1.165, 1.54) is 51.9 Å². The fourth-order valence-electron chi connectivity index (χ4n) is 4.83. The van der Waals surface area contributed by atoms with Crippen LogP contribution < -0.4 is 16.0 Å². The standard InChI is InChI=1S/C34H61N3O10/c1-28(38)17-16-22-35-32(41)27-47-26-25-46-24-23-36-30(39)21-20-29(34(44)45)37-31(40)18-14-12-10-8-6-4-2-3-5-7-9-11-13-15-19-33(42)43/h29H,2-27H2,1H3,(H,35,41)(H,36,39)(H,37,40)(H,42,43)(H,44,45)/t29-/m0/s1. The first-order valence-corrected chi connectivity index (χ1v) is 17.5.